The van der Waals surface area contributed by atoms with Crippen LogP contribution in [0.3, 0.4) is 0 Å². The Labute approximate surface area is 179 Å². The number of likely N-dealkylation sites (tertiary alicyclic amines) is 1. The first-order valence-electron chi connectivity index (χ1n) is 11.3. The molecule has 1 aromatic rings. The lowest BCUT2D eigenvalue weighted by atomic mass is 10.0. The highest BCUT2D eigenvalue weighted by molar-refractivity contribution is 5.81. The van der Waals surface area contributed by atoms with Crippen LogP contribution in [0.25, 0.3) is 0 Å². The van der Waals surface area contributed by atoms with Crippen molar-refractivity contribution in [2.45, 2.75) is 44.7 Å². The van der Waals surface area contributed by atoms with Crippen molar-refractivity contribution in [2.75, 3.05) is 45.9 Å². The van der Waals surface area contributed by atoms with Gasteiger partial charge in [0.15, 0.2) is 0 Å². The summed E-state index contributed by atoms with van der Waals surface area (Å²) >= 11 is 0. The van der Waals surface area contributed by atoms with Crippen molar-refractivity contribution in [1.29, 1.82) is 0 Å². The van der Waals surface area contributed by atoms with Gasteiger partial charge < -0.3 is 20.3 Å². The van der Waals surface area contributed by atoms with Crippen LogP contribution >= 0.6 is 0 Å². The highest BCUT2D eigenvalue weighted by Gasteiger charge is 2.35. The summed E-state index contributed by atoms with van der Waals surface area (Å²) < 4.78 is 5.46. The molecule has 2 saturated heterocycles. The highest BCUT2D eigenvalue weighted by Crippen LogP contribution is 2.31. The van der Waals surface area contributed by atoms with Crippen molar-refractivity contribution in [3.8, 4) is 0 Å². The molecule has 4 rings (SSSR count). The molecule has 3 aliphatic rings. The van der Waals surface area contributed by atoms with Crippen LogP contribution in [0.5, 0.6) is 0 Å². The first-order valence-corrected chi connectivity index (χ1v) is 11.3. The molecule has 2 aliphatic heterocycles. The lowest BCUT2D eigenvalue weighted by molar-refractivity contribution is -0.133. The normalized spacial score (nSPS) is 21.8. The molecule has 3 fully saturated rings. The van der Waals surface area contributed by atoms with E-state index in [0.717, 1.165) is 77.2 Å². The summed E-state index contributed by atoms with van der Waals surface area (Å²) in [6, 6.07) is 8.31. The van der Waals surface area contributed by atoms with E-state index in [1.807, 2.05) is 4.90 Å². The van der Waals surface area contributed by atoms with E-state index in [0.29, 0.717) is 5.91 Å². The second kappa shape index (κ2) is 9.79. The zero-order valence-corrected chi connectivity index (χ0v) is 17.9. The van der Waals surface area contributed by atoms with Gasteiger partial charge in [-0.15, -0.1) is 0 Å². The van der Waals surface area contributed by atoms with Crippen molar-refractivity contribution in [1.82, 2.24) is 20.4 Å². The minimum Gasteiger partial charge on any atom is -0.379 e. The summed E-state index contributed by atoms with van der Waals surface area (Å²) in [6.45, 7) is 7.59. The average molecular weight is 415 g/mol. The molecule has 0 spiro atoms. The maximum absolute atomic E-state index is 12.8. The van der Waals surface area contributed by atoms with Gasteiger partial charge in [-0.1, -0.05) is 29.8 Å². The molecule has 1 aromatic carbocycles. The number of hydrogen-bond donors (Lipinski definition) is 2. The number of morpholine rings is 1. The number of nitrogens with one attached hydrogen (secondary N) is 2. The van der Waals surface area contributed by atoms with Gasteiger partial charge in [0.1, 0.15) is 0 Å². The molecule has 7 nitrogen and oxygen atoms in total. The zero-order valence-electron chi connectivity index (χ0n) is 17.9. The van der Waals surface area contributed by atoms with Gasteiger partial charge in [0.2, 0.25) is 5.91 Å². The number of carbonyl (C=O) groups is 2. The minimum atomic E-state index is -0.124. The molecule has 30 heavy (non-hydrogen) atoms. The molecule has 7 heteroatoms. The Morgan fingerprint density at radius 3 is 2.33 bits per heavy atom. The van der Waals surface area contributed by atoms with E-state index in [4.69, 9.17) is 4.74 Å². The monoisotopic (exact) mass is 414 g/mol. The van der Waals surface area contributed by atoms with Gasteiger partial charge in [-0.25, -0.2) is 4.79 Å². The van der Waals surface area contributed by atoms with Gasteiger partial charge >= 0.3 is 6.03 Å². The Morgan fingerprint density at radius 2 is 1.70 bits per heavy atom. The summed E-state index contributed by atoms with van der Waals surface area (Å²) in [5, 5.41) is 6.34. The van der Waals surface area contributed by atoms with Crippen LogP contribution in [0, 0.1) is 12.8 Å². The summed E-state index contributed by atoms with van der Waals surface area (Å²) in [7, 11) is 0. The Balaban J connectivity index is 1.30. The third-order valence-electron chi connectivity index (χ3n) is 6.40. The Morgan fingerprint density at radius 1 is 1.03 bits per heavy atom. The van der Waals surface area contributed by atoms with E-state index in [2.05, 4.69) is 46.7 Å². The number of carbonyl (C=O) groups excluding carboxylic acids is 2. The van der Waals surface area contributed by atoms with Crippen LogP contribution in [0.2, 0.25) is 0 Å². The van der Waals surface area contributed by atoms with Crippen LogP contribution in [-0.2, 0) is 9.53 Å². The molecule has 1 saturated carbocycles. The summed E-state index contributed by atoms with van der Waals surface area (Å²) in [5.74, 6) is 0.580. The fourth-order valence-corrected chi connectivity index (χ4v) is 4.29. The highest BCUT2D eigenvalue weighted by atomic mass is 16.5. The quantitative estimate of drug-likeness (QED) is 0.747. The standard InChI is InChI=1S/C23H34N4O3/c1-17-2-4-18(5-3-17)21(16-26-12-14-30-15-13-26)25-23(29)24-20-8-10-27(11-9-20)22(28)19-6-7-19/h2-5,19-21H,6-16H2,1H3,(H2,24,25,29). The number of urea groups is 1. The van der Waals surface area contributed by atoms with E-state index in [9.17, 15) is 9.59 Å². The zero-order chi connectivity index (χ0) is 20.9. The predicted octanol–water partition coefficient (Wildman–Crippen LogP) is 2.07. The van der Waals surface area contributed by atoms with E-state index in [1.54, 1.807) is 0 Å². The molecule has 1 unspecified atom stereocenters. The fraction of sp³-hybridized carbons (Fsp3) is 0.652. The molecule has 1 atom stereocenters. The number of benzene rings is 1. The van der Waals surface area contributed by atoms with E-state index < -0.39 is 0 Å². The summed E-state index contributed by atoms with van der Waals surface area (Å²) in [4.78, 5) is 29.3. The molecular formula is C23H34N4O3. The smallest absolute Gasteiger partial charge is 0.315 e. The molecule has 164 valence electrons. The number of piperidine rings is 1. The first kappa shape index (κ1) is 21.1. The van der Waals surface area contributed by atoms with E-state index in [1.165, 1.54) is 5.56 Å². The van der Waals surface area contributed by atoms with E-state index >= 15 is 0 Å². The molecule has 0 radical (unpaired) electrons. The van der Waals surface area contributed by atoms with Crippen molar-refractivity contribution in [2.24, 2.45) is 5.92 Å². The molecule has 0 bridgehead atoms. The van der Waals surface area contributed by atoms with Crippen molar-refractivity contribution >= 4 is 11.9 Å². The van der Waals surface area contributed by atoms with Gasteiger partial charge in [-0.2, -0.15) is 0 Å². The maximum Gasteiger partial charge on any atom is 0.315 e. The van der Waals surface area contributed by atoms with Crippen molar-refractivity contribution in [3.63, 3.8) is 0 Å². The topological polar surface area (TPSA) is 73.9 Å². The molecule has 1 aliphatic carbocycles. The Kier molecular flexibility index (Phi) is 6.89. The number of nitrogens with zero attached hydrogens (tertiary/aromatic N) is 2. The SMILES string of the molecule is Cc1ccc(C(CN2CCOCC2)NC(=O)NC2CCN(C(=O)C3CC3)CC2)cc1. The molecular weight excluding hydrogens is 380 g/mol. The van der Waals surface area contributed by atoms with Gasteiger partial charge in [0.25, 0.3) is 0 Å². The molecule has 2 N–H and O–H groups in total. The van der Waals surface area contributed by atoms with Crippen molar-refractivity contribution < 1.29 is 14.3 Å². The van der Waals surface area contributed by atoms with Crippen LogP contribution in [0.1, 0.15) is 42.9 Å². The van der Waals surface area contributed by atoms with Gasteiger partial charge in [0.05, 0.1) is 19.3 Å². The van der Waals surface area contributed by atoms with E-state index in [-0.39, 0.29) is 24.0 Å². The number of hydrogen-bond acceptors (Lipinski definition) is 4. The van der Waals surface area contributed by atoms with Crippen LogP contribution < -0.4 is 10.6 Å². The van der Waals surface area contributed by atoms with Crippen LogP contribution in [0.15, 0.2) is 24.3 Å². The first-order chi connectivity index (χ1) is 14.6. The second-order valence-corrected chi connectivity index (χ2v) is 8.87. The lowest BCUT2D eigenvalue weighted by Gasteiger charge is -2.34. The van der Waals surface area contributed by atoms with Gasteiger partial charge in [-0.05, 0) is 38.2 Å². The third-order valence-corrected chi connectivity index (χ3v) is 6.40. The Hall–Kier alpha value is -2.12. The summed E-state index contributed by atoms with van der Waals surface area (Å²) in [5.41, 5.74) is 2.33. The fourth-order valence-electron chi connectivity index (χ4n) is 4.29. The van der Waals surface area contributed by atoms with Crippen LogP contribution in [0.4, 0.5) is 4.79 Å². The molecule has 0 aromatic heterocycles. The number of ether oxygens (including phenoxy) is 1. The molecule has 2 heterocycles. The predicted molar refractivity (Wildman–Crippen MR) is 115 cm³/mol. The second-order valence-electron chi connectivity index (χ2n) is 8.87. The maximum atomic E-state index is 12.8. The summed E-state index contributed by atoms with van der Waals surface area (Å²) in [6.07, 6.45) is 3.74. The number of amides is 3. The largest absolute Gasteiger partial charge is 0.379 e. The van der Waals surface area contributed by atoms with Crippen molar-refractivity contribution in [3.05, 3.63) is 35.4 Å². The van der Waals surface area contributed by atoms with Gasteiger partial charge in [0, 0.05) is 44.7 Å². The van der Waals surface area contributed by atoms with Gasteiger partial charge in [-0.3, -0.25) is 9.69 Å². The number of rotatable bonds is 6. The number of aryl methyl sites for hydroxylation is 1. The Bertz CT molecular complexity index is 720. The lowest BCUT2D eigenvalue weighted by Crippen LogP contribution is -2.51. The minimum absolute atomic E-state index is 0.0692. The van der Waals surface area contributed by atoms with Crippen LogP contribution in [-0.4, -0.2) is 73.7 Å². The molecule has 3 amide bonds. The third kappa shape index (κ3) is 5.73. The average Bonchev–Trinajstić information content (AvgIpc) is 3.60.